The fourth-order valence-corrected chi connectivity index (χ4v) is 1.81. The van der Waals surface area contributed by atoms with Gasteiger partial charge >= 0.3 is 0 Å². The molecule has 0 bridgehead atoms. The van der Waals surface area contributed by atoms with E-state index < -0.39 is 11.4 Å². The van der Waals surface area contributed by atoms with Crippen molar-refractivity contribution in [2.75, 3.05) is 18.5 Å². The molecule has 4 N–H and O–H groups in total. The number of carbonyl (C=O) groups excluding carboxylic acids is 1. The number of nitrogens with zero attached hydrogens (tertiary/aromatic N) is 1. The number of hydrazine groups is 1. The number of rotatable bonds is 5. The number of halogens is 1. The van der Waals surface area contributed by atoms with Crippen LogP contribution in [0.5, 0.6) is 0 Å². The molecular weight excluding hydrogens is 249 g/mol. The maximum absolute atomic E-state index is 13.6. The molecule has 0 fully saturated rings. The first-order chi connectivity index (χ1) is 8.80. The van der Waals surface area contributed by atoms with Gasteiger partial charge in [0.1, 0.15) is 5.82 Å². The van der Waals surface area contributed by atoms with Crippen LogP contribution in [0.1, 0.15) is 31.1 Å². The van der Waals surface area contributed by atoms with Gasteiger partial charge in [-0.05, 0) is 32.9 Å². The van der Waals surface area contributed by atoms with E-state index in [0.717, 1.165) is 0 Å². The first kappa shape index (κ1) is 15.4. The van der Waals surface area contributed by atoms with Crippen LogP contribution in [0.4, 0.5) is 10.1 Å². The number of amides is 1. The lowest BCUT2D eigenvalue weighted by molar-refractivity contribution is 0.0315. The van der Waals surface area contributed by atoms with Crippen molar-refractivity contribution in [1.29, 1.82) is 0 Å². The number of benzene rings is 1. The Hall–Kier alpha value is -1.66. The number of nitrogens with one attached hydrogen (secondary N) is 1. The molecule has 0 heterocycles. The molecule has 0 spiro atoms. The fourth-order valence-electron chi connectivity index (χ4n) is 1.81. The highest BCUT2D eigenvalue weighted by Gasteiger charge is 2.24. The van der Waals surface area contributed by atoms with E-state index in [-0.39, 0.29) is 23.7 Å². The monoisotopic (exact) mass is 269 g/mol. The molecule has 106 valence electrons. The zero-order chi connectivity index (χ0) is 14.6. The van der Waals surface area contributed by atoms with Crippen LogP contribution < -0.4 is 11.3 Å². The summed E-state index contributed by atoms with van der Waals surface area (Å²) < 4.78 is 13.6. The molecular formula is C13H20FN3O2. The number of hydrogen-bond donors (Lipinski definition) is 3. The summed E-state index contributed by atoms with van der Waals surface area (Å²) in [6.07, 6.45) is 0. The second-order valence-electron chi connectivity index (χ2n) is 4.94. The summed E-state index contributed by atoms with van der Waals surface area (Å²) in [6, 6.07) is 4.16. The van der Waals surface area contributed by atoms with Crippen LogP contribution in [0.2, 0.25) is 0 Å². The molecule has 1 amide bonds. The zero-order valence-corrected chi connectivity index (χ0v) is 11.4. The van der Waals surface area contributed by atoms with Gasteiger partial charge in [0.15, 0.2) is 0 Å². The van der Waals surface area contributed by atoms with E-state index in [4.69, 9.17) is 5.84 Å². The lowest BCUT2D eigenvalue weighted by Gasteiger charge is -2.28. The van der Waals surface area contributed by atoms with Crippen LogP contribution in [0.15, 0.2) is 18.2 Å². The largest absolute Gasteiger partial charge is 0.389 e. The number of likely N-dealkylation sites (N-methyl/N-ethyl adjacent to an activating group) is 1. The molecule has 5 nitrogen and oxygen atoms in total. The van der Waals surface area contributed by atoms with Gasteiger partial charge in [-0.1, -0.05) is 6.07 Å². The van der Waals surface area contributed by atoms with Gasteiger partial charge < -0.3 is 15.4 Å². The summed E-state index contributed by atoms with van der Waals surface area (Å²) in [5.74, 6) is 4.28. The van der Waals surface area contributed by atoms with Gasteiger partial charge in [-0.15, -0.1) is 0 Å². The van der Waals surface area contributed by atoms with Gasteiger partial charge in [-0.3, -0.25) is 10.6 Å². The Labute approximate surface area is 112 Å². The minimum absolute atomic E-state index is 0.0401. The highest BCUT2D eigenvalue weighted by atomic mass is 19.1. The molecule has 0 atom stereocenters. The summed E-state index contributed by atoms with van der Waals surface area (Å²) >= 11 is 0. The predicted molar refractivity (Wildman–Crippen MR) is 72.1 cm³/mol. The average molecular weight is 269 g/mol. The minimum atomic E-state index is -1.02. The van der Waals surface area contributed by atoms with E-state index in [1.807, 2.05) is 0 Å². The van der Waals surface area contributed by atoms with E-state index in [9.17, 15) is 14.3 Å². The van der Waals surface area contributed by atoms with Gasteiger partial charge in [0, 0.05) is 13.1 Å². The fraction of sp³-hybridized carbons (Fsp3) is 0.462. The van der Waals surface area contributed by atoms with Crippen LogP contribution in [0.25, 0.3) is 0 Å². The average Bonchev–Trinajstić information content (AvgIpc) is 2.33. The van der Waals surface area contributed by atoms with Crippen LogP contribution in [-0.2, 0) is 0 Å². The van der Waals surface area contributed by atoms with Crippen molar-refractivity contribution >= 4 is 11.6 Å². The number of para-hydroxylation sites is 1. The number of aliphatic hydroxyl groups is 1. The molecule has 6 heteroatoms. The Morgan fingerprint density at radius 3 is 2.63 bits per heavy atom. The molecule has 0 aromatic heterocycles. The molecule has 0 saturated carbocycles. The Morgan fingerprint density at radius 2 is 2.16 bits per heavy atom. The number of anilines is 1. The van der Waals surface area contributed by atoms with Gasteiger partial charge in [0.05, 0.1) is 16.9 Å². The SMILES string of the molecule is CCN(CC(C)(C)O)C(=O)c1cccc(F)c1NN. The molecule has 0 aliphatic rings. The molecule has 0 radical (unpaired) electrons. The van der Waals surface area contributed by atoms with Crippen molar-refractivity contribution in [3.8, 4) is 0 Å². The van der Waals surface area contributed by atoms with Gasteiger partial charge in [-0.25, -0.2) is 4.39 Å². The quantitative estimate of drug-likeness (QED) is 0.557. The van der Waals surface area contributed by atoms with Crippen molar-refractivity contribution in [2.45, 2.75) is 26.4 Å². The van der Waals surface area contributed by atoms with Crippen LogP contribution in [0, 0.1) is 5.82 Å². The third-order valence-electron chi connectivity index (χ3n) is 2.64. The molecule has 1 rings (SSSR count). The van der Waals surface area contributed by atoms with Crippen molar-refractivity contribution in [3.63, 3.8) is 0 Å². The van der Waals surface area contributed by atoms with Crippen LogP contribution in [0.3, 0.4) is 0 Å². The highest BCUT2D eigenvalue weighted by molar-refractivity contribution is 5.99. The maximum Gasteiger partial charge on any atom is 0.256 e. The lowest BCUT2D eigenvalue weighted by Crippen LogP contribution is -2.42. The second kappa shape index (κ2) is 5.99. The summed E-state index contributed by atoms with van der Waals surface area (Å²) in [7, 11) is 0. The van der Waals surface area contributed by atoms with Gasteiger partial charge in [0.25, 0.3) is 5.91 Å². The van der Waals surface area contributed by atoms with Crippen molar-refractivity contribution in [1.82, 2.24) is 4.90 Å². The second-order valence-corrected chi connectivity index (χ2v) is 4.94. The third kappa shape index (κ3) is 3.90. The maximum atomic E-state index is 13.6. The normalized spacial score (nSPS) is 11.3. The zero-order valence-electron chi connectivity index (χ0n) is 11.4. The molecule has 1 aromatic carbocycles. The first-order valence-corrected chi connectivity index (χ1v) is 6.07. The molecule has 0 unspecified atom stereocenters. The third-order valence-corrected chi connectivity index (χ3v) is 2.64. The van der Waals surface area contributed by atoms with E-state index in [2.05, 4.69) is 5.43 Å². The van der Waals surface area contributed by atoms with Gasteiger partial charge in [-0.2, -0.15) is 0 Å². The Morgan fingerprint density at radius 1 is 1.53 bits per heavy atom. The Kier molecular flexibility index (Phi) is 4.85. The van der Waals surface area contributed by atoms with Crippen LogP contribution in [-0.4, -0.2) is 34.6 Å². The molecule has 0 aliphatic carbocycles. The Balaban J connectivity index is 3.08. The Bertz CT molecular complexity index is 458. The summed E-state index contributed by atoms with van der Waals surface area (Å²) in [5, 5.41) is 9.79. The highest BCUT2D eigenvalue weighted by Crippen LogP contribution is 2.21. The summed E-state index contributed by atoms with van der Waals surface area (Å²) in [6.45, 7) is 5.57. The summed E-state index contributed by atoms with van der Waals surface area (Å²) in [4.78, 5) is 13.8. The van der Waals surface area contributed by atoms with E-state index >= 15 is 0 Å². The summed E-state index contributed by atoms with van der Waals surface area (Å²) in [5.41, 5.74) is 1.29. The smallest absolute Gasteiger partial charge is 0.256 e. The molecule has 0 saturated heterocycles. The van der Waals surface area contributed by atoms with E-state index in [1.165, 1.54) is 23.1 Å². The van der Waals surface area contributed by atoms with Gasteiger partial charge in [0.2, 0.25) is 0 Å². The lowest BCUT2D eigenvalue weighted by atomic mass is 10.1. The number of hydrogen-bond acceptors (Lipinski definition) is 4. The van der Waals surface area contributed by atoms with Crippen LogP contribution >= 0.6 is 0 Å². The topological polar surface area (TPSA) is 78.6 Å². The molecule has 19 heavy (non-hydrogen) atoms. The first-order valence-electron chi connectivity index (χ1n) is 6.07. The minimum Gasteiger partial charge on any atom is -0.389 e. The van der Waals surface area contributed by atoms with Crippen molar-refractivity contribution < 1.29 is 14.3 Å². The predicted octanol–water partition coefficient (Wildman–Crippen LogP) is 1.34. The molecule has 0 aliphatic heterocycles. The van der Waals surface area contributed by atoms with E-state index in [1.54, 1.807) is 20.8 Å². The standard InChI is InChI=1S/C13H20FN3O2/c1-4-17(8-13(2,3)19)12(18)9-6-5-7-10(14)11(9)16-15/h5-7,16,19H,4,8,15H2,1-3H3. The number of nitrogen functional groups attached to an aromatic ring is 1. The number of carbonyl (C=O) groups is 1. The molecule has 1 aromatic rings. The van der Waals surface area contributed by atoms with E-state index in [0.29, 0.717) is 6.54 Å². The van der Waals surface area contributed by atoms with Crippen molar-refractivity contribution in [2.24, 2.45) is 5.84 Å². The number of nitrogens with two attached hydrogens (primary N) is 1. The van der Waals surface area contributed by atoms with Crippen molar-refractivity contribution in [3.05, 3.63) is 29.6 Å².